The molecule has 17 heavy (non-hydrogen) atoms. The van der Waals surface area contributed by atoms with Crippen LogP contribution in [0, 0.1) is 12.3 Å². The highest BCUT2D eigenvalue weighted by Crippen LogP contribution is 2.05. The van der Waals surface area contributed by atoms with Crippen LogP contribution in [0.1, 0.15) is 24.8 Å². The number of rotatable bonds is 6. The van der Waals surface area contributed by atoms with E-state index in [-0.39, 0.29) is 5.91 Å². The highest BCUT2D eigenvalue weighted by atomic mass is 16.1. The zero-order valence-electron chi connectivity index (χ0n) is 9.91. The summed E-state index contributed by atoms with van der Waals surface area (Å²) < 4.78 is 0. The molecule has 0 fully saturated rings. The SMILES string of the molecule is C#CCCCCNC(=O)Cc1ccc(N)cc1. The number of terminal acetylenes is 1. The van der Waals surface area contributed by atoms with E-state index in [9.17, 15) is 4.79 Å². The van der Waals surface area contributed by atoms with Crippen LogP contribution in [-0.2, 0) is 11.2 Å². The maximum atomic E-state index is 11.5. The average Bonchev–Trinajstić information content (AvgIpc) is 2.32. The summed E-state index contributed by atoms with van der Waals surface area (Å²) in [6, 6.07) is 7.34. The summed E-state index contributed by atoms with van der Waals surface area (Å²) in [6.45, 7) is 0.690. The normalized spacial score (nSPS) is 9.59. The van der Waals surface area contributed by atoms with Gasteiger partial charge in [0.05, 0.1) is 6.42 Å². The van der Waals surface area contributed by atoms with E-state index in [2.05, 4.69) is 11.2 Å². The number of benzene rings is 1. The molecule has 1 rings (SSSR count). The van der Waals surface area contributed by atoms with Gasteiger partial charge in [-0.05, 0) is 30.5 Å². The molecule has 90 valence electrons. The van der Waals surface area contributed by atoms with Crippen LogP contribution < -0.4 is 11.1 Å². The van der Waals surface area contributed by atoms with Crippen molar-refractivity contribution in [3.8, 4) is 12.3 Å². The Labute approximate surface area is 102 Å². The minimum atomic E-state index is 0.0375. The quantitative estimate of drug-likeness (QED) is 0.444. The molecule has 0 saturated carbocycles. The molecule has 1 aromatic rings. The highest BCUT2D eigenvalue weighted by molar-refractivity contribution is 5.78. The lowest BCUT2D eigenvalue weighted by Crippen LogP contribution is -2.26. The number of hydrogen-bond acceptors (Lipinski definition) is 2. The predicted octanol–water partition coefficient (Wildman–Crippen LogP) is 1.73. The second-order valence-electron chi connectivity index (χ2n) is 3.93. The number of unbranched alkanes of at least 4 members (excludes halogenated alkanes) is 2. The summed E-state index contributed by atoms with van der Waals surface area (Å²) in [7, 11) is 0. The summed E-state index contributed by atoms with van der Waals surface area (Å²) in [5.74, 6) is 2.61. The van der Waals surface area contributed by atoms with E-state index in [0.29, 0.717) is 18.7 Å². The lowest BCUT2D eigenvalue weighted by Gasteiger charge is -2.04. The molecule has 0 aliphatic heterocycles. The van der Waals surface area contributed by atoms with Gasteiger partial charge in [-0.3, -0.25) is 4.79 Å². The minimum absolute atomic E-state index is 0.0375. The van der Waals surface area contributed by atoms with Crippen LogP contribution in [-0.4, -0.2) is 12.5 Å². The topological polar surface area (TPSA) is 55.1 Å². The maximum Gasteiger partial charge on any atom is 0.224 e. The van der Waals surface area contributed by atoms with E-state index >= 15 is 0 Å². The van der Waals surface area contributed by atoms with Crippen LogP contribution in [0.3, 0.4) is 0 Å². The van der Waals surface area contributed by atoms with Crippen LogP contribution in [0.15, 0.2) is 24.3 Å². The second-order valence-corrected chi connectivity index (χ2v) is 3.93. The molecule has 0 atom stereocenters. The van der Waals surface area contributed by atoms with Gasteiger partial charge >= 0.3 is 0 Å². The first-order valence-electron chi connectivity index (χ1n) is 5.77. The molecular formula is C14H18N2O. The summed E-state index contributed by atoms with van der Waals surface area (Å²) >= 11 is 0. The van der Waals surface area contributed by atoms with Gasteiger partial charge in [0.25, 0.3) is 0 Å². The number of nitrogens with one attached hydrogen (secondary N) is 1. The van der Waals surface area contributed by atoms with Crippen molar-refractivity contribution in [2.75, 3.05) is 12.3 Å². The van der Waals surface area contributed by atoms with E-state index < -0.39 is 0 Å². The Hall–Kier alpha value is -1.95. The zero-order chi connectivity index (χ0) is 12.5. The van der Waals surface area contributed by atoms with Crippen LogP contribution in [0.25, 0.3) is 0 Å². The standard InChI is InChI=1S/C14H18N2O/c1-2-3-4-5-10-16-14(17)11-12-6-8-13(15)9-7-12/h1,6-9H,3-5,10-11,15H2,(H,16,17). The number of anilines is 1. The van der Waals surface area contributed by atoms with E-state index in [4.69, 9.17) is 12.2 Å². The Bertz CT molecular complexity index is 390. The van der Waals surface area contributed by atoms with Crippen molar-refractivity contribution in [2.24, 2.45) is 0 Å². The van der Waals surface area contributed by atoms with Gasteiger partial charge in [-0.25, -0.2) is 0 Å². The van der Waals surface area contributed by atoms with Gasteiger partial charge in [0.2, 0.25) is 5.91 Å². The number of carbonyl (C=O) groups is 1. The predicted molar refractivity (Wildman–Crippen MR) is 70.3 cm³/mol. The van der Waals surface area contributed by atoms with Gasteiger partial charge in [0.1, 0.15) is 0 Å². The molecular weight excluding hydrogens is 212 g/mol. The fraction of sp³-hybridized carbons (Fsp3) is 0.357. The van der Waals surface area contributed by atoms with E-state index in [1.807, 2.05) is 12.1 Å². The Morgan fingerprint density at radius 3 is 2.65 bits per heavy atom. The molecule has 0 aromatic heterocycles. The third-order valence-corrected chi connectivity index (χ3v) is 2.41. The van der Waals surface area contributed by atoms with Gasteiger partial charge < -0.3 is 11.1 Å². The first-order valence-corrected chi connectivity index (χ1v) is 5.77. The molecule has 0 aliphatic carbocycles. The zero-order valence-corrected chi connectivity index (χ0v) is 9.91. The Kier molecular flexibility index (Phi) is 5.67. The van der Waals surface area contributed by atoms with Gasteiger partial charge in [0, 0.05) is 18.7 Å². The highest BCUT2D eigenvalue weighted by Gasteiger charge is 2.02. The minimum Gasteiger partial charge on any atom is -0.399 e. The number of carbonyl (C=O) groups excluding carboxylic acids is 1. The molecule has 0 saturated heterocycles. The number of nitrogen functional groups attached to an aromatic ring is 1. The van der Waals surface area contributed by atoms with E-state index in [1.54, 1.807) is 12.1 Å². The molecule has 0 radical (unpaired) electrons. The van der Waals surface area contributed by atoms with Crippen molar-refractivity contribution in [1.29, 1.82) is 0 Å². The van der Waals surface area contributed by atoms with Crippen molar-refractivity contribution in [3.63, 3.8) is 0 Å². The summed E-state index contributed by atoms with van der Waals surface area (Å²) in [5.41, 5.74) is 7.25. The number of hydrogen-bond donors (Lipinski definition) is 2. The molecule has 3 heteroatoms. The molecule has 1 amide bonds. The lowest BCUT2D eigenvalue weighted by atomic mass is 10.1. The van der Waals surface area contributed by atoms with Crippen molar-refractivity contribution < 1.29 is 4.79 Å². The third-order valence-electron chi connectivity index (χ3n) is 2.41. The van der Waals surface area contributed by atoms with Crippen molar-refractivity contribution >= 4 is 11.6 Å². The first kappa shape index (κ1) is 13.1. The molecule has 3 N–H and O–H groups in total. The monoisotopic (exact) mass is 230 g/mol. The molecule has 0 spiro atoms. The fourth-order valence-electron chi connectivity index (χ4n) is 1.46. The molecule has 0 bridgehead atoms. The molecule has 0 unspecified atom stereocenters. The van der Waals surface area contributed by atoms with E-state index in [1.165, 1.54) is 0 Å². The summed E-state index contributed by atoms with van der Waals surface area (Å²) in [6.07, 6.45) is 8.19. The molecule has 1 aromatic carbocycles. The van der Waals surface area contributed by atoms with Crippen molar-refractivity contribution in [2.45, 2.75) is 25.7 Å². The first-order chi connectivity index (χ1) is 8.22. The fourth-order valence-corrected chi connectivity index (χ4v) is 1.46. The van der Waals surface area contributed by atoms with Gasteiger partial charge in [-0.15, -0.1) is 12.3 Å². The largest absolute Gasteiger partial charge is 0.399 e. The number of amides is 1. The van der Waals surface area contributed by atoms with Crippen LogP contribution >= 0.6 is 0 Å². The van der Waals surface area contributed by atoms with Crippen LogP contribution in [0.2, 0.25) is 0 Å². The number of nitrogens with two attached hydrogens (primary N) is 1. The Balaban J connectivity index is 2.21. The van der Waals surface area contributed by atoms with Crippen LogP contribution in [0.5, 0.6) is 0 Å². The molecule has 0 aliphatic rings. The summed E-state index contributed by atoms with van der Waals surface area (Å²) in [5, 5.41) is 2.87. The third kappa shape index (κ3) is 5.62. The smallest absolute Gasteiger partial charge is 0.224 e. The van der Waals surface area contributed by atoms with Crippen molar-refractivity contribution in [1.82, 2.24) is 5.32 Å². The second kappa shape index (κ2) is 7.34. The Morgan fingerprint density at radius 2 is 2.00 bits per heavy atom. The molecule has 3 nitrogen and oxygen atoms in total. The Morgan fingerprint density at radius 1 is 1.29 bits per heavy atom. The van der Waals surface area contributed by atoms with Gasteiger partial charge in [-0.2, -0.15) is 0 Å². The average molecular weight is 230 g/mol. The van der Waals surface area contributed by atoms with Crippen LogP contribution in [0.4, 0.5) is 5.69 Å². The summed E-state index contributed by atoms with van der Waals surface area (Å²) in [4.78, 5) is 11.5. The maximum absolute atomic E-state index is 11.5. The van der Waals surface area contributed by atoms with E-state index in [0.717, 1.165) is 24.8 Å². The lowest BCUT2D eigenvalue weighted by molar-refractivity contribution is -0.120. The van der Waals surface area contributed by atoms with Crippen molar-refractivity contribution in [3.05, 3.63) is 29.8 Å². The molecule has 0 heterocycles. The van der Waals surface area contributed by atoms with Gasteiger partial charge in [-0.1, -0.05) is 12.1 Å². The van der Waals surface area contributed by atoms with Gasteiger partial charge in [0.15, 0.2) is 0 Å².